The molecule has 1 aliphatic heterocycles. The van der Waals surface area contributed by atoms with Crippen LogP contribution in [0.3, 0.4) is 0 Å². The van der Waals surface area contributed by atoms with Crippen LogP contribution in [-0.2, 0) is 18.3 Å². The van der Waals surface area contributed by atoms with Crippen molar-refractivity contribution in [3.8, 4) is 5.88 Å². The highest BCUT2D eigenvalue weighted by Crippen LogP contribution is 2.30. The lowest BCUT2D eigenvalue weighted by molar-refractivity contribution is -0.118. The summed E-state index contributed by atoms with van der Waals surface area (Å²) in [6.45, 7) is 2.07. The average molecular weight is 181 g/mol. The van der Waals surface area contributed by atoms with Gasteiger partial charge in [0.15, 0.2) is 6.61 Å². The first kappa shape index (κ1) is 8.10. The molecule has 70 valence electrons. The minimum absolute atomic E-state index is 0.0791. The van der Waals surface area contributed by atoms with E-state index < -0.39 is 0 Å². The molecule has 1 aromatic heterocycles. The molecule has 0 spiro atoms. The third-order valence-electron chi connectivity index (χ3n) is 2.01. The van der Waals surface area contributed by atoms with Crippen LogP contribution in [0.1, 0.15) is 12.6 Å². The quantitative estimate of drug-likeness (QED) is 0.678. The van der Waals surface area contributed by atoms with Gasteiger partial charge in [0.25, 0.3) is 5.91 Å². The highest BCUT2D eigenvalue weighted by Gasteiger charge is 2.23. The van der Waals surface area contributed by atoms with Crippen molar-refractivity contribution in [2.45, 2.75) is 13.3 Å². The number of anilines is 1. The van der Waals surface area contributed by atoms with E-state index in [2.05, 4.69) is 10.4 Å². The number of rotatable bonds is 1. The second-order valence-electron chi connectivity index (χ2n) is 2.94. The molecule has 1 aromatic rings. The van der Waals surface area contributed by atoms with E-state index in [0.717, 1.165) is 17.8 Å². The van der Waals surface area contributed by atoms with Gasteiger partial charge in [0.2, 0.25) is 5.88 Å². The normalized spacial score (nSPS) is 14.8. The number of amides is 1. The second-order valence-corrected chi connectivity index (χ2v) is 2.94. The van der Waals surface area contributed by atoms with E-state index in [4.69, 9.17) is 4.74 Å². The molecule has 0 bridgehead atoms. The summed E-state index contributed by atoms with van der Waals surface area (Å²) in [5.41, 5.74) is 1.59. The van der Waals surface area contributed by atoms with Crippen molar-refractivity contribution >= 4 is 11.6 Å². The van der Waals surface area contributed by atoms with Gasteiger partial charge in [0, 0.05) is 7.05 Å². The number of fused-ring (bicyclic) bond motifs is 1. The van der Waals surface area contributed by atoms with Crippen LogP contribution in [0.5, 0.6) is 5.88 Å². The molecule has 5 heteroatoms. The first-order chi connectivity index (χ1) is 6.22. The molecular formula is C8H11N3O2. The molecule has 0 radical (unpaired) electrons. The first-order valence-electron chi connectivity index (χ1n) is 4.21. The molecule has 0 atom stereocenters. The van der Waals surface area contributed by atoms with Crippen molar-refractivity contribution in [1.82, 2.24) is 9.78 Å². The van der Waals surface area contributed by atoms with E-state index in [1.54, 1.807) is 11.7 Å². The zero-order valence-electron chi connectivity index (χ0n) is 7.63. The molecule has 5 nitrogen and oxygen atoms in total. The van der Waals surface area contributed by atoms with Crippen LogP contribution >= 0.6 is 0 Å². The Morgan fingerprint density at radius 1 is 1.69 bits per heavy atom. The van der Waals surface area contributed by atoms with Gasteiger partial charge in [-0.3, -0.25) is 4.79 Å². The molecular weight excluding hydrogens is 170 g/mol. The average Bonchev–Trinajstić information content (AvgIpc) is 2.42. The van der Waals surface area contributed by atoms with Crippen molar-refractivity contribution in [3.63, 3.8) is 0 Å². The number of ether oxygens (including phenoxy) is 1. The predicted octanol–water partition coefficient (Wildman–Crippen LogP) is 0.313. The Labute approximate surface area is 75.7 Å². The van der Waals surface area contributed by atoms with Gasteiger partial charge >= 0.3 is 0 Å². The number of aryl methyl sites for hydroxylation is 2. The monoisotopic (exact) mass is 181 g/mol. The molecule has 0 fully saturated rings. The lowest BCUT2D eigenvalue weighted by Crippen LogP contribution is -2.26. The lowest BCUT2D eigenvalue weighted by Gasteiger charge is -2.14. The van der Waals surface area contributed by atoms with Crippen LogP contribution < -0.4 is 10.1 Å². The van der Waals surface area contributed by atoms with E-state index in [1.807, 2.05) is 6.92 Å². The van der Waals surface area contributed by atoms with E-state index in [0.29, 0.717) is 5.88 Å². The number of nitrogens with zero attached hydrogens (tertiary/aromatic N) is 2. The maximum Gasteiger partial charge on any atom is 0.262 e. The number of hydrogen-bond donors (Lipinski definition) is 1. The third-order valence-corrected chi connectivity index (χ3v) is 2.01. The molecule has 1 amide bonds. The smallest absolute Gasteiger partial charge is 0.262 e. The molecule has 0 unspecified atom stereocenters. The van der Waals surface area contributed by atoms with E-state index >= 15 is 0 Å². The Bertz CT molecular complexity index is 357. The summed E-state index contributed by atoms with van der Waals surface area (Å²) in [7, 11) is 1.80. The number of nitrogens with one attached hydrogen (secondary N) is 1. The highest BCUT2D eigenvalue weighted by atomic mass is 16.5. The number of aromatic nitrogens is 2. The fourth-order valence-electron chi connectivity index (χ4n) is 1.41. The zero-order chi connectivity index (χ0) is 9.42. The third kappa shape index (κ3) is 1.16. The molecule has 0 aliphatic carbocycles. The van der Waals surface area contributed by atoms with Crippen molar-refractivity contribution in [1.29, 1.82) is 0 Å². The van der Waals surface area contributed by atoms with Gasteiger partial charge in [-0.2, -0.15) is 5.10 Å². The summed E-state index contributed by atoms with van der Waals surface area (Å²) >= 11 is 0. The summed E-state index contributed by atoms with van der Waals surface area (Å²) in [4.78, 5) is 11.0. The minimum atomic E-state index is -0.116. The van der Waals surface area contributed by atoms with Crippen molar-refractivity contribution in [3.05, 3.63) is 5.69 Å². The standard InChI is InChI=1S/C8H11N3O2/c1-3-5-7-8(11(2)10-5)13-4-6(12)9-7/h3-4H2,1-2H3,(H,9,12). The van der Waals surface area contributed by atoms with Gasteiger partial charge in [-0.15, -0.1) is 0 Å². The Balaban J connectivity index is 2.48. The summed E-state index contributed by atoms with van der Waals surface area (Å²) < 4.78 is 6.88. The van der Waals surface area contributed by atoms with Gasteiger partial charge < -0.3 is 10.1 Å². The van der Waals surface area contributed by atoms with Crippen LogP contribution in [-0.4, -0.2) is 22.3 Å². The molecule has 2 heterocycles. The van der Waals surface area contributed by atoms with Gasteiger partial charge in [-0.1, -0.05) is 6.92 Å². The lowest BCUT2D eigenvalue weighted by atomic mass is 10.3. The van der Waals surface area contributed by atoms with Crippen LogP contribution in [0.2, 0.25) is 0 Å². The highest BCUT2D eigenvalue weighted by molar-refractivity contribution is 5.95. The number of hydrogen-bond acceptors (Lipinski definition) is 3. The van der Waals surface area contributed by atoms with E-state index in [1.165, 1.54) is 0 Å². The van der Waals surface area contributed by atoms with Crippen molar-refractivity contribution < 1.29 is 9.53 Å². The SMILES string of the molecule is CCc1nn(C)c2c1NC(=O)CO2. The molecule has 1 aliphatic rings. The topological polar surface area (TPSA) is 56.2 Å². The zero-order valence-corrected chi connectivity index (χ0v) is 7.63. The summed E-state index contributed by atoms with van der Waals surface area (Å²) in [6, 6.07) is 0. The van der Waals surface area contributed by atoms with Gasteiger partial charge in [-0.25, -0.2) is 4.68 Å². The van der Waals surface area contributed by atoms with Crippen molar-refractivity contribution in [2.24, 2.45) is 7.05 Å². The molecule has 1 N–H and O–H groups in total. The van der Waals surface area contributed by atoms with Gasteiger partial charge in [0.05, 0.1) is 5.69 Å². The Morgan fingerprint density at radius 3 is 3.15 bits per heavy atom. The molecule has 0 saturated heterocycles. The molecule has 0 saturated carbocycles. The Kier molecular flexibility index (Phi) is 1.72. The van der Waals surface area contributed by atoms with Gasteiger partial charge in [-0.05, 0) is 6.42 Å². The Morgan fingerprint density at radius 2 is 2.46 bits per heavy atom. The fourth-order valence-corrected chi connectivity index (χ4v) is 1.41. The Hall–Kier alpha value is -1.52. The van der Waals surface area contributed by atoms with Crippen LogP contribution in [0, 0.1) is 0 Å². The summed E-state index contributed by atoms with van der Waals surface area (Å²) in [6.07, 6.45) is 0.785. The van der Waals surface area contributed by atoms with Crippen LogP contribution in [0.15, 0.2) is 0 Å². The van der Waals surface area contributed by atoms with E-state index in [9.17, 15) is 4.79 Å². The minimum Gasteiger partial charge on any atom is -0.466 e. The summed E-state index contributed by atoms with van der Waals surface area (Å²) in [5.74, 6) is 0.534. The molecule has 0 aromatic carbocycles. The number of carbonyl (C=O) groups is 1. The van der Waals surface area contributed by atoms with Crippen LogP contribution in [0.4, 0.5) is 5.69 Å². The molecule has 13 heavy (non-hydrogen) atoms. The van der Waals surface area contributed by atoms with Crippen molar-refractivity contribution in [2.75, 3.05) is 11.9 Å². The predicted molar refractivity (Wildman–Crippen MR) is 46.7 cm³/mol. The first-order valence-corrected chi connectivity index (χ1v) is 4.21. The largest absolute Gasteiger partial charge is 0.466 e. The van der Waals surface area contributed by atoms with E-state index in [-0.39, 0.29) is 12.5 Å². The maximum atomic E-state index is 11.0. The van der Waals surface area contributed by atoms with Gasteiger partial charge in [0.1, 0.15) is 5.69 Å². The second kappa shape index (κ2) is 2.76. The number of carbonyl (C=O) groups excluding carboxylic acids is 1. The fraction of sp³-hybridized carbons (Fsp3) is 0.500. The molecule has 2 rings (SSSR count). The maximum absolute atomic E-state index is 11.0. The summed E-state index contributed by atoms with van der Waals surface area (Å²) in [5, 5.41) is 6.98. The van der Waals surface area contributed by atoms with Crippen LogP contribution in [0.25, 0.3) is 0 Å².